The molecule has 4 nitrogen and oxygen atoms in total. The fourth-order valence-electron chi connectivity index (χ4n) is 2.28. The topological polar surface area (TPSA) is 50.4 Å². The van der Waals surface area contributed by atoms with E-state index in [-0.39, 0.29) is 11.9 Å². The third-order valence-corrected chi connectivity index (χ3v) is 3.54. The van der Waals surface area contributed by atoms with E-state index in [9.17, 15) is 4.79 Å². The Morgan fingerprint density at radius 2 is 2.10 bits per heavy atom. The van der Waals surface area contributed by atoms with Crippen LogP contribution in [0.5, 0.6) is 5.75 Å². The predicted octanol–water partition coefficient (Wildman–Crippen LogP) is 2.23. The predicted molar refractivity (Wildman–Crippen MR) is 79.7 cm³/mol. The van der Waals surface area contributed by atoms with Gasteiger partial charge in [-0.3, -0.25) is 4.79 Å². The molecule has 1 aromatic rings. The number of nitrogens with one attached hydrogen (secondary N) is 2. The molecular weight excluding hydrogens is 252 g/mol. The average molecular weight is 276 g/mol. The molecule has 20 heavy (non-hydrogen) atoms. The van der Waals surface area contributed by atoms with Gasteiger partial charge in [0.15, 0.2) is 0 Å². The van der Waals surface area contributed by atoms with Crippen molar-refractivity contribution in [3.8, 4) is 5.75 Å². The average Bonchev–Trinajstić information content (AvgIpc) is 2.88. The van der Waals surface area contributed by atoms with E-state index in [2.05, 4.69) is 29.7 Å². The summed E-state index contributed by atoms with van der Waals surface area (Å²) in [5.74, 6) is 1.03. The van der Waals surface area contributed by atoms with Gasteiger partial charge in [-0.1, -0.05) is 31.9 Å². The van der Waals surface area contributed by atoms with Crippen molar-refractivity contribution in [2.75, 3.05) is 13.2 Å². The Bertz CT molecular complexity index is 417. The summed E-state index contributed by atoms with van der Waals surface area (Å²) >= 11 is 0. The Morgan fingerprint density at radius 1 is 1.30 bits per heavy atom. The van der Waals surface area contributed by atoms with Crippen LogP contribution >= 0.6 is 0 Å². The van der Waals surface area contributed by atoms with Gasteiger partial charge in [0.1, 0.15) is 5.75 Å². The molecule has 0 radical (unpaired) electrons. The first kappa shape index (κ1) is 14.9. The minimum atomic E-state index is -0.0417. The van der Waals surface area contributed by atoms with E-state index >= 15 is 0 Å². The van der Waals surface area contributed by atoms with Crippen molar-refractivity contribution in [2.45, 2.75) is 45.2 Å². The van der Waals surface area contributed by atoms with Crippen LogP contribution in [-0.4, -0.2) is 25.1 Å². The van der Waals surface area contributed by atoms with Crippen LogP contribution in [0.25, 0.3) is 0 Å². The van der Waals surface area contributed by atoms with Crippen LogP contribution in [0.2, 0.25) is 0 Å². The summed E-state index contributed by atoms with van der Waals surface area (Å²) in [7, 11) is 0. The highest BCUT2D eigenvalue weighted by Crippen LogP contribution is 2.13. The molecule has 1 aliphatic heterocycles. The lowest BCUT2D eigenvalue weighted by Crippen LogP contribution is -2.35. The van der Waals surface area contributed by atoms with Crippen LogP contribution in [0.1, 0.15) is 38.2 Å². The molecular formula is C16H24N2O2. The highest BCUT2D eigenvalue weighted by atomic mass is 16.5. The second-order valence-electron chi connectivity index (χ2n) is 5.21. The zero-order valence-corrected chi connectivity index (χ0v) is 12.2. The molecule has 1 aliphatic rings. The highest BCUT2D eigenvalue weighted by molar-refractivity contribution is 5.83. The molecule has 1 heterocycles. The van der Waals surface area contributed by atoms with Gasteiger partial charge >= 0.3 is 0 Å². The number of hydrogen-bond acceptors (Lipinski definition) is 3. The van der Waals surface area contributed by atoms with Crippen molar-refractivity contribution in [2.24, 2.45) is 0 Å². The lowest BCUT2D eigenvalue weighted by atomic mass is 10.2. The van der Waals surface area contributed by atoms with Crippen LogP contribution < -0.4 is 15.4 Å². The zero-order chi connectivity index (χ0) is 14.2. The van der Waals surface area contributed by atoms with Crippen LogP contribution in [0.15, 0.2) is 24.3 Å². The number of carbonyl (C=O) groups is 1. The Hall–Kier alpha value is -1.55. The lowest BCUT2D eigenvalue weighted by Gasteiger charge is -2.10. The maximum Gasteiger partial charge on any atom is 0.237 e. The first-order valence-corrected chi connectivity index (χ1v) is 7.52. The Labute approximate surface area is 120 Å². The Kier molecular flexibility index (Phi) is 5.87. The smallest absolute Gasteiger partial charge is 0.237 e. The maximum absolute atomic E-state index is 11.4. The quantitative estimate of drug-likeness (QED) is 0.716. The summed E-state index contributed by atoms with van der Waals surface area (Å²) < 4.78 is 5.67. The van der Waals surface area contributed by atoms with Gasteiger partial charge in [0, 0.05) is 13.1 Å². The van der Waals surface area contributed by atoms with Gasteiger partial charge < -0.3 is 15.4 Å². The van der Waals surface area contributed by atoms with Crippen molar-refractivity contribution in [1.82, 2.24) is 10.6 Å². The normalized spacial score (nSPS) is 18.1. The first-order valence-electron chi connectivity index (χ1n) is 7.52. The van der Waals surface area contributed by atoms with E-state index in [1.54, 1.807) is 0 Å². The molecule has 1 fully saturated rings. The van der Waals surface area contributed by atoms with E-state index in [0.717, 1.165) is 31.7 Å². The number of amides is 1. The summed E-state index contributed by atoms with van der Waals surface area (Å²) in [5, 5.41) is 6.10. The molecule has 2 N–H and O–H groups in total. The van der Waals surface area contributed by atoms with E-state index in [1.165, 1.54) is 18.4 Å². The van der Waals surface area contributed by atoms with Crippen molar-refractivity contribution >= 4 is 5.91 Å². The van der Waals surface area contributed by atoms with E-state index in [4.69, 9.17) is 4.74 Å². The molecule has 0 aromatic heterocycles. The largest absolute Gasteiger partial charge is 0.494 e. The molecule has 110 valence electrons. The SMILES string of the molecule is CCCCCOc1ccc(CNC2CCNC2=O)cc1. The van der Waals surface area contributed by atoms with E-state index in [1.807, 2.05) is 12.1 Å². The summed E-state index contributed by atoms with van der Waals surface area (Å²) in [6, 6.07) is 8.05. The van der Waals surface area contributed by atoms with Crippen LogP contribution in [-0.2, 0) is 11.3 Å². The number of rotatable bonds is 8. The summed E-state index contributed by atoms with van der Waals surface area (Å²) in [5.41, 5.74) is 1.17. The zero-order valence-electron chi connectivity index (χ0n) is 12.2. The van der Waals surface area contributed by atoms with Crippen molar-refractivity contribution in [1.29, 1.82) is 0 Å². The van der Waals surface area contributed by atoms with Crippen molar-refractivity contribution in [3.05, 3.63) is 29.8 Å². The number of unbranched alkanes of at least 4 members (excludes halogenated alkanes) is 2. The number of carbonyl (C=O) groups excluding carboxylic acids is 1. The van der Waals surface area contributed by atoms with Crippen molar-refractivity contribution < 1.29 is 9.53 Å². The van der Waals surface area contributed by atoms with Gasteiger partial charge in [-0.05, 0) is 30.5 Å². The minimum absolute atomic E-state index is 0.0417. The third kappa shape index (κ3) is 4.53. The number of benzene rings is 1. The van der Waals surface area contributed by atoms with E-state index in [0.29, 0.717) is 6.54 Å². The molecule has 0 spiro atoms. The maximum atomic E-state index is 11.4. The Morgan fingerprint density at radius 3 is 2.75 bits per heavy atom. The fourth-order valence-corrected chi connectivity index (χ4v) is 2.28. The molecule has 2 rings (SSSR count). The van der Waals surface area contributed by atoms with Crippen LogP contribution in [0.3, 0.4) is 0 Å². The molecule has 1 amide bonds. The molecule has 1 unspecified atom stereocenters. The number of hydrogen-bond donors (Lipinski definition) is 2. The van der Waals surface area contributed by atoms with Crippen LogP contribution in [0.4, 0.5) is 0 Å². The molecule has 1 atom stereocenters. The Balaban J connectivity index is 1.72. The lowest BCUT2D eigenvalue weighted by molar-refractivity contribution is -0.120. The monoisotopic (exact) mass is 276 g/mol. The van der Waals surface area contributed by atoms with Crippen LogP contribution in [0, 0.1) is 0 Å². The number of ether oxygens (including phenoxy) is 1. The van der Waals surface area contributed by atoms with E-state index < -0.39 is 0 Å². The molecule has 0 saturated carbocycles. The van der Waals surface area contributed by atoms with Gasteiger partial charge in [0.2, 0.25) is 5.91 Å². The second-order valence-corrected chi connectivity index (χ2v) is 5.21. The molecule has 4 heteroatoms. The highest BCUT2D eigenvalue weighted by Gasteiger charge is 2.22. The molecule has 0 aliphatic carbocycles. The minimum Gasteiger partial charge on any atom is -0.494 e. The van der Waals surface area contributed by atoms with Gasteiger partial charge in [0.05, 0.1) is 12.6 Å². The van der Waals surface area contributed by atoms with Gasteiger partial charge in [-0.15, -0.1) is 0 Å². The fraction of sp³-hybridized carbons (Fsp3) is 0.562. The summed E-state index contributed by atoms with van der Waals surface area (Å²) in [6.07, 6.45) is 4.40. The van der Waals surface area contributed by atoms with Gasteiger partial charge in [-0.25, -0.2) is 0 Å². The molecule has 1 aromatic carbocycles. The molecule has 1 saturated heterocycles. The third-order valence-electron chi connectivity index (χ3n) is 3.54. The summed E-state index contributed by atoms with van der Waals surface area (Å²) in [4.78, 5) is 11.4. The molecule has 0 bridgehead atoms. The second kappa shape index (κ2) is 7.90. The first-order chi connectivity index (χ1) is 9.79. The van der Waals surface area contributed by atoms with Gasteiger partial charge in [0.25, 0.3) is 0 Å². The summed E-state index contributed by atoms with van der Waals surface area (Å²) in [6.45, 7) is 4.47. The van der Waals surface area contributed by atoms with Crippen molar-refractivity contribution in [3.63, 3.8) is 0 Å². The standard InChI is InChI=1S/C16H24N2O2/c1-2-3-4-11-20-14-7-5-13(6-8-14)12-18-15-9-10-17-16(15)19/h5-8,15,18H,2-4,9-12H2,1H3,(H,17,19). The van der Waals surface area contributed by atoms with Gasteiger partial charge in [-0.2, -0.15) is 0 Å².